The van der Waals surface area contributed by atoms with E-state index in [1.165, 1.54) is 24.5 Å². The molecule has 0 spiro atoms. The van der Waals surface area contributed by atoms with Gasteiger partial charge in [-0.25, -0.2) is 9.59 Å². The van der Waals surface area contributed by atoms with Crippen molar-refractivity contribution in [2.24, 2.45) is 0 Å². The normalized spacial score (nSPS) is 11.7. The number of phenolic OH excluding ortho intramolecular Hbond substituents is 1. The van der Waals surface area contributed by atoms with Gasteiger partial charge >= 0.3 is 12.3 Å². The molecule has 180 valence electrons. The summed E-state index contributed by atoms with van der Waals surface area (Å²) in [5.41, 5.74) is -1.28. The molecular weight excluding hydrogens is 444 g/mol. The van der Waals surface area contributed by atoms with Crippen LogP contribution in [0.5, 0.6) is 17.2 Å². The van der Waals surface area contributed by atoms with Crippen molar-refractivity contribution in [3.05, 3.63) is 52.9 Å². The van der Waals surface area contributed by atoms with Crippen LogP contribution in [0.3, 0.4) is 0 Å². The van der Waals surface area contributed by atoms with Gasteiger partial charge in [-0.2, -0.15) is 0 Å². The molecule has 1 N–H and O–H groups in total. The molecule has 9 nitrogen and oxygen atoms in total. The number of hydrogen-bond donors (Lipinski definition) is 1. The van der Waals surface area contributed by atoms with Gasteiger partial charge in [-0.1, -0.05) is 12.1 Å². The Kier molecular flexibility index (Phi) is 6.58. The van der Waals surface area contributed by atoms with Gasteiger partial charge in [0.2, 0.25) is 5.43 Å². The summed E-state index contributed by atoms with van der Waals surface area (Å²) in [6.07, 6.45) is -0.579. The van der Waals surface area contributed by atoms with Crippen molar-refractivity contribution in [3.63, 3.8) is 0 Å². The minimum Gasteiger partial charge on any atom is -0.507 e. The van der Waals surface area contributed by atoms with E-state index in [1.807, 2.05) is 0 Å². The molecule has 0 aliphatic rings. The Labute approximate surface area is 195 Å². The topological polar surface area (TPSA) is 122 Å². The summed E-state index contributed by atoms with van der Waals surface area (Å²) in [7, 11) is 0. The molecule has 0 fully saturated rings. The molecule has 0 bridgehead atoms. The van der Waals surface area contributed by atoms with Gasteiger partial charge in [0.05, 0.1) is 5.56 Å². The third-order valence-electron chi connectivity index (χ3n) is 4.18. The van der Waals surface area contributed by atoms with E-state index >= 15 is 0 Å². The SMILES string of the molecule is CC(C)(C)OC(=O)Oc1ccc(-c2coc3cc(OC(=O)OC(C)(C)C)cc(O)c3c2=O)cc1. The molecule has 3 aromatic rings. The fraction of sp³-hybridized carbons (Fsp3) is 0.320. The van der Waals surface area contributed by atoms with Crippen LogP contribution in [0.15, 0.2) is 51.9 Å². The lowest BCUT2D eigenvalue weighted by atomic mass is 10.0. The van der Waals surface area contributed by atoms with Gasteiger partial charge in [-0.3, -0.25) is 4.79 Å². The molecule has 0 aliphatic heterocycles. The van der Waals surface area contributed by atoms with E-state index in [2.05, 4.69) is 0 Å². The zero-order chi connectivity index (χ0) is 25.3. The first-order valence-electron chi connectivity index (χ1n) is 10.4. The second-order valence-corrected chi connectivity index (χ2v) is 9.45. The van der Waals surface area contributed by atoms with Crippen molar-refractivity contribution in [1.82, 2.24) is 0 Å². The molecule has 0 atom stereocenters. The lowest BCUT2D eigenvalue weighted by Crippen LogP contribution is -2.26. The Morgan fingerprint density at radius 3 is 1.88 bits per heavy atom. The highest BCUT2D eigenvalue weighted by Crippen LogP contribution is 2.31. The third-order valence-corrected chi connectivity index (χ3v) is 4.18. The molecular formula is C25H26O9. The molecule has 9 heteroatoms. The fourth-order valence-electron chi connectivity index (χ4n) is 2.90. The Balaban J connectivity index is 1.85. The predicted octanol–water partition coefficient (Wildman–Crippen LogP) is 5.79. The van der Waals surface area contributed by atoms with Crippen LogP contribution in [0.1, 0.15) is 41.5 Å². The number of ether oxygens (including phenoxy) is 4. The van der Waals surface area contributed by atoms with Gasteiger partial charge in [0.1, 0.15) is 45.7 Å². The van der Waals surface area contributed by atoms with Gasteiger partial charge in [-0.15, -0.1) is 0 Å². The Hall–Kier alpha value is -4.01. The standard InChI is InChI=1S/C25H26O9/c1-24(2,3)33-22(28)31-15-9-7-14(8-10-15)17-13-30-19-12-16(11-18(26)20(19)21(17)27)32-23(29)34-25(4,5)6/h7-13,26H,1-6H3. The molecule has 0 saturated heterocycles. The average Bonchev–Trinajstić information content (AvgIpc) is 2.65. The van der Waals surface area contributed by atoms with Gasteiger partial charge in [0.25, 0.3) is 0 Å². The first-order chi connectivity index (χ1) is 15.7. The second kappa shape index (κ2) is 9.09. The summed E-state index contributed by atoms with van der Waals surface area (Å²) in [5, 5.41) is 10.3. The molecule has 0 amide bonds. The Bertz CT molecular complexity index is 1270. The number of rotatable bonds is 3. The van der Waals surface area contributed by atoms with Crippen molar-refractivity contribution in [1.29, 1.82) is 0 Å². The highest BCUT2D eigenvalue weighted by atomic mass is 16.7. The molecule has 2 aromatic carbocycles. The van der Waals surface area contributed by atoms with E-state index in [-0.39, 0.29) is 28.0 Å². The summed E-state index contributed by atoms with van der Waals surface area (Å²) < 4.78 is 25.9. The lowest BCUT2D eigenvalue weighted by Gasteiger charge is -2.18. The van der Waals surface area contributed by atoms with Gasteiger partial charge in [-0.05, 0) is 59.2 Å². The highest BCUT2D eigenvalue weighted by molar-refractivity contribution is 5.88. The van der Waals surface area contributed by atoms with Crippen LogP contribution in [0, 0.1) is 0 Å². The fourth-order valence-corrected chi connectivity index (χ4v) is 2.90. The second-order valence-electron chi connectivity index (χ2n) is 9.45. The van der Waals surface area contributed by atoms with Crippen molar-refractivity contribution in [2.75, 3.05) is 0 Å². The average molecular weight is 470 g/mol. The number of fused-ring (bicyclic) bond motifs is 1. The molecule has 0 aliphatic carbocycles. The van der Waals surface area contributed by atoms with Crippen LogP contribution in [0.25, 0.3) is 22.1 Å². The smallest absolute Gasteiger partial charge is 0.507 e. The van der Waals surface area contributed by atoms with Gasteiger partial charge in [0, 0.05) is 12.1 Å². The number of benzene rings is 2. The zero-order valence-corrected chi connectivity index (χ0v) is 19.8. The molecule has 0 unspecified atom stereocenters. The number of aromatic hydroxyl groups is 1. The van der Waals surface area contributed by atoms with E-state index in [4.69, 9.17) is 23.4 Å². The predicted molar refractivity (Wildman–Crippen MR) is 123 cm³/mol. The van der Waals surface area contributed by atoms with Crippen LogP contribution < -0.4 is 14.9 Å². The van der Waals surface area contributed by atoms with E-state index in [9.17, 15) is 19.5 Å². The summed E-state index contributed by atoms with van der Waals surface area (Å²) in [4.78, 5) is 36.7. The Morgan fingerprint density at radius 1 is 0.824 bits per heavy atom. The van der Waals surface area contributed by atoms with E-state index in [0.717, 1.165) is 6.07 Å². The molecule has 1 heterocycles. The highest BCUT2D eigenvalue weighted by Gasteiger charge is 2.21. The summed E-state index contributed by atoms with van der Waals surface area (Å²) in [6, 6.07) is 8.57. The maximum atomic E-state index is 13.0. The number of hydrogen-bond acceptors (Lipinski definition) is 9. The molecule has 0 saturated carbocycles. The summed E-state index contributed by atoms with van der Waals surface area (Å²) in [5.74, 6) is -0.231. The van der Waals surface area contributed by atoms with Crippen molar-refractivity contribution < 1.29 is 38.1 Å². The van der Waals surface area contributed by atoms with E-state index < -0.39 is 34.7 Å². The molecule has 1 aromatic heterocycles. The lowest BCUT2D eigenvalue weighted by molar-refractivity contribution is 0.0193. The largest absolute Gasteiger partial charge is 0.514 e. The molecule has 0 radical (unpaired) electrons. The van der Waals surface area contributed by atoms with Gasteiger partial charge in [0.15, 0.2) is 0 Å². The summed E-state index contributed by atoms with van der Waals surface area (Å²) in [6.45, 7) is 10.2. The monoisotopic (exact) mass is 470 g/mol. The molecule has 34 heavy (non-hydrogen) atoms. The van der Waals surface area contributed by atoms with Crippen molar-refractivity contribution in [3.8, 4) is 28.4 Å². The summed E-state index contributed by atoms with van der Waals surface area (Å²) >= 11 is 0. The maximum Gasteiger partial charge on any atom is 0.514 e. The molecule has 3 rings (SSSR count). The van der Waals surface area contributed by atoms with Crippen LogP contribution in [0.4, 0.5) is 9.59 Å². The Morgan fingerprint density at radius 2 is 1.35 bits per heavy atom. The van der Waals surface area contributed by atoms with Crippen molar-refractivity contribution >= 4 is 23.3 Å². The number of carbonyl (C=O) groups excluding carboxylic acids is 2. The van der Waals surface area contributed by atoms with E-state index in [1.54, 1.807) is 53.7 Å². The maximum absolute atomic E-state index is 13.0. The number of phenols is 1. The van der Waals surface area contributed by atoms with Crippen LogP contribution >= 0.6 is 0 Å². The first kappa shape index (κ1) is 24.6. The third kappa shape index (κ3) is 6.28. The van der Waals surface area contributed by atoms with Crippen LogP contribution in [-0.4, -0.2) is 28.6 Å². The first-order valence-corrected chi connectivity index (χ1v) is 10.4. The quantitative estimate of drug-likeness (QED) is 0.374. The van der Waals surface area contributed by atoms with E-state index in [0.29, 0.717) is 5.56 Å². The minimum absolute atomic E-state index is 0.0252. The minimum atomic E-state index is -0.959. The zero-order valence-electron chi connectivity index (χ0n) is 19.8. The number of carbonyl (C=O) groups is 2. The van der Waals surface area contributed by atoms with Crippen LogP contribution in [0.2, 0.25) is 0 Å². The van der Waals surface area contributed by atoms with Crippen LogP contribution in [-0.2, 0) is 9.47 Å². The van der Waals surface area contributed by atoms with Crippen molar-refractivity contribution in [2.45, 2.75) is 52.7 Å². The van der Waals surface area contributed by atoms with Gasteiger partial charge < -0.3 is 28.5 Å².